The molecule has 0 aromatic heterocycles. The molecule has 0 amide bonds. The average molecular weight is 306 g/mol. The second-order valence-corrected chi connectivity index (χ2v) is 5.10. The lowest BCUT2D eigenvalue weighted by Gasteiger charge is -2.30. The Kier molecular flexibility index (Phi) is 5.34. The highest BCUT2D eigenvalue weighted by Crippen LogP contribution is 2.25. The number of halogens is 1. The van der Waals surface area contributed by atoms with Crippen LogP contribution in [0.15, 0.2) is 48.5 Å². The summed E-state index contributed by atoms with van der Waals surface area (Å²) in [6, 6.07) is 15.4. The lowest BCUT2D eigenvalue weighted by molar-refractivity contribution is 0.216. The molecular formula is C17H20ClNO2. The fourth-order valence-electron chi connectivity index (χ4n) is 2.24. The van der Waals surface area contributed by atoms with E-state index in [-0.39, 0.29) is 6.23 Å². The molecule has 1 atom stereocenters. The summed E-state index contributed by atoms with van der Waals surface area (Å²) < 4.78 is 11.3. The van der Waals surface area contributed by atoms with Gasteiger partial charge in [-0.05, 0) is 44.2 Å². The van der Waals surface area contributed by atoms with Crippen LogP contribution in [0.5, 0.6) is 11.5 Å². The number of benzene rings is 2. The highest BCUT2D eigenvalue weighted by atomic mass is 35.5. The molecule has 0 saturated carbocycles. The van der Waals surface area contributed by atoms with Gasteiger partial charge in [-0.1, -0.05) is 23.7 Å². The predicted octanol–water partition coefficient (Wildman–Crippen LogP) is 4.60. The summed E-state index contributed by atoms with van der Waals surface area (Å²) in [7, 11) is 1.67. The second kappa shape index (κ2) is 7.23. The second-order valence-electron chi connectivity index (χ2n) is 4.66. The van der Waals surface area contributed by atoms with E-state index in [0.717, 1.165) is 23.7 Å². The zero-order chi connectivity index (χ0) is 15.2. The minimum Gasteiger partial charge on any atom is -0.497 e. The highest BCUT2D eigenvalue weighted by molar-refractivity contribution is 6.30. The van der Waals surface area contributed by atoms with Crippen LogP contribution < -0.4 is 14.4 Å². The Bertz CT molecular complexity index is 589. The normalized spacial score (nSPS) is 11.8. The van der Waals surface area contributed by atoms with Crippen molar-refractivity contribution >= 4 is 17.3 Å². The van der Waals surface area contributed by atoms with E-state index in [4.69, 9.17) is 21.1 Å². The third-order valence-corrected chi connectivity index (χ3v) is 3.50. The van der Waals surface area contributed by atoms with Crippen LogP contribution in [0, 0.1) is 0 Å². The molecule has 0 aliphatic rings. The van der Waals surface area contributed by atoms with Gasteiger partial charge in [-0.15, -0.1) is 0 Å². The summed E-state index contributed by atoms with van der Waals surface area (Å²) in [5, 5.41) is 0.670. The molecule has 0 aliphatic heterocycles. The van der Waals surface area contributed by atoms with Crippen LogP contribution in [-0.2, 0) is 0 Å². The number of methoxy groups -OCH3 is 1. The van der Waals surface area contributed by atoms with Gasteiger partial charge in [0.05, 0.1) is 7.11 Å². The first kappa shape index (κ1) is 15.5. The largest absolute Gasteiger partial charge is 0.497 e. The number of hydrogen-bond donors (Lipinski definition) is 0. The Morgan fingerprint density at radius 3 is 2.48 bits per heavy atom. The van der Waals surface area contributed by atoms with E-state index in [1.54, 1.807) is 7.11 Å². The summed E-state index contributed by atoms with van der Waals surface area (Å²) in [5.74, 6) is 1.59. The molecule has 0 spiro atoms. The molecule has 0 heterocycles. The van der Waals surface area contributed by atoms with Crippen molar-refractivity contribution in [2.75, 3.05) is 18.6 Å². The van der Waals surface area contributed by atoms with E-state index in [1.165, 1.54) is 0 Å². The van der Waals surface area contributed by atoms with Crippen molar-refractivity contribution in [1.82, 2.24) is 0 Å². The average Bonchev–Trinajstić information content (AvgIpc) is 2.48. The summed E-state index contributed by atoms with van der Waals surface area (Å²) in [4.78, 5) is 2.16. The van der Waals surface area contributed by atoms with Gasteiger partial charge in [-0.2, -0.15) is 0 Å². The first-order valence-corrected chi connectivity index (χ1v) is 7.34. The molecule has 112 valence electrons. The number of rotatable bonds is 6. The van der Waals surface area contributed by atoms with Crippen LogP contribution in [-0.4, -0.2) is 19.9 Å². The molecule has 2 aromatic rings. The third kappa shape index (κ3) is 4.05. The molecule has 1 unspecified atom stereocenters. The Morgan fingerprint density at radius 2 is 1.81 bits per heavy atom. The number of nitrogens with zero attached hydrogens (tertiary/aromatic N) is 1. The van der Waals surface area contributed by atoms with E-state index in [0.29, 0.717) is 5.02 Å². The zero-order valence-corrected chi connectivity index (χ0v) is 13.3. The number of hydrogen-bond acceptors (Lipinski definition) is 3. The predicted molar refractivity (Wildman–Crippen MR) is 87.6 cm³/mol. The maximum Gasteiger partial charge on any atom is 0.169 e. The van der Waals surface area contributed by atoms with Crippen molar-refractivity contribution in [2.24, 2.45) is 0 Å². The van der Waals surface area contributed by atoms with Crippen molar-refractivity contribution in [3.8, 4) is 11.5 Å². The van der Waals surface area contributed by atoms with Gasteiger partial charge in [0.1, 0.15) is 11.5 Å². The molecule has 0 radical (unpaired) electrons. The standard InChI is InChI=1S/C17H20ClNO2/c1-4-19(15-8-6-9-16(12-15)20-3)13(2)21-17-10-5-7-14(18)11-17/h5-13H,4H2,1-3H3. The zero-order valence-electron chi connectivity index (χ0n) is 12.5. The highest BCUT2D eigenvalue weighted by Gasteiger charge is 2.15. The molecule has 4 heteroatoms. The van der Waals surface area contributed by atoms with E-state index >= 15 is 0 Å². The van der Waals surface area contributed by atoms with E-state index in [2.05, 4.69) is 11.8 Å². The molecule has 2 aromatic carbocycles. The van der Waals surface area contributed by atoms with Gasteiger partial charge < -0.3 is 14.4 Å². The fourth-order valence-corrected chi connectivity index (χ4v) is 2.42. The van der Waals surface area contributed by atoms with E-state index in [9.17, 15) is 0 Å². The molecule has 0 aliphatic carbocycles. The lowest BCUT2D eigenvalue weighted by atomic mass is 10.2. The van der Waals surface area contributed by atoms with Crippen LogP contribution in [0.3, 0.4) is 0 Å². The molecule has 21 heavy (non-hydrogen) atoms. The van der Waals surface area contributed by atoms with Crippen LogP contribution in [0.4, 0.5) is 5.69 Å². The van der Waals surface area contributed by atoms with E-state index < -0.39 is 0 Å². The Labute approximate surface area is 131 Å². The lowest BCUT2D eigenvalue weighted by Crippen LogP contribution is -2.37. The third-order valence-electron chi connectivity index (χ3n) is 3.27. The first-order chi connectivity index (χ1) is 10.1. The molecule has 0 saturated heterocycles. The fraction of sp³-hybridized carbons (Fsp3) is 0.294. The van der Waals surface area contributed by atoms with Crippen LogP contribution in [0.1, 0.15) is 13.8 Å². The maximum atomic E-state index is 5.99. The van der Waals surface area contributed by atoms with Gasteiger partial charge in [0.2, 0.25) is 0 Å². The quantitative estimate of drug-likeness (QED) is 0.728. The van der Waals surface area contributed by atoms with Gasteiger partial charge in [0.25, 0.3) is 0 Å². The molecule has 2 rings (SSSR count). The van der Waals surface area contributed by atoms with Gasteiger partial charge in [0.15, 0.2) is 6.23 Å². The monoisotopic (exact) mass is 305 g/mol. The Morgan fingerprint density at radius 1 is 1.10 bits per heavy atom. The van der Waals surface area contributed by atoms with Crippen molar-refractivity contribution in [3.05, 3.63) is 53.6 Å². The van der Waals surface area contributed by atoms with E-state index in [1.807, 2.05) is 55.5 Å². The van der Waals surface area contributed by atoms with Crippen LogP contribution in [0.25, 0.3) is 0 Å². The number of ether oxygens (including phenoxy) is 2. The SMILES string of the molecule is CCN(c1cccc(OC)c1)C(C)Oc1cccc(Cl)c1. The minimum absolute atomic E-state index is 0.111. The van der Waals surface area contributed by atoms with Crippen molar-refractivity contribution in [2.45, 2.75) is 20.1 Å². The van der Waals surface area contributed by atoms with Gasteiger partial charge in [-0.3, -0.25) is 0 Å². The summed E-state index contributed by atoms with van der Waals surface area (Å²) in [6.07, 6.45) is -0.111. The van der Waals surface area contributed by atoms with Gasteiger partial charge >= 0.3 is 0 Å². The summed E-state index contributed by atoms with van der Waals surface area (Å²) in [5.41, 5.74) is 1.06. The first-order valence-electron chi connectivity index (χ1n) is 6.97. The topological polar surface area (TPSA) is 21.7 Å². The smallest absolute Gasteiger partial charge is 0.169 e. The Balaban J connectivity index is 2.16. The maximum absolute atomic E-state index is 5.99. The minimum atomic E-state index is -0.111. The van der Waals surface area contributed by atoms with Crippen molar-refractivity contribution in [1.29, 1.82) is 0 Å². The van der Waals surface area contributed by atoms with Crippen molar-refractivity contribution < 1.29 is 9.47 Å². The molecular weight excluding hydrogens is 286 g/mol. The molecule has 0 fully saturated rings. The van der Waals surface area contributed by atoms with Crippen LogP contribution in [0.2, 0.25) is 5.02 Å². The van der Waals surface area contributed by atoms with Crippen molar-refractivity contribution in [3.63, 3.8) is 0 Å². The molecule has 0 bridgehead atoms. The number of anilines is 1. The summed E-state index contributed by atoms with van der Waals surface area (Å²) >= 11 is 5.99. The van der Waals surface area contributed by atoms with Gasteiger partial charge in [0, 0.05) is 23.3 Å². The Hall–Kier alpha value is -1.87. The summed E-state index contributed by atoms with van der Waals surface area (Å²) in [6.45, 7) is 4.94. The molecule has 3 nitrogen and oxygen atoms in total. The molecule has 0 N–H and O–H groups in total. The van der Waals surface area contributed by atoms with Crippen LogP contribution >= 0.6 is 11.6 Å². The van der Waals surface area contributed by atoms with Gasteiger partial charge in [-0.25, -0.2) is 0 Å².